The van der Waals surface area contributed by atoms with Crippen molar-refractivity contribution >= 4 is 29.2 Å². The summed E-state index contributed by atoms with van der Waals surface area (Å²) < 4.78 is 2.12. The van der Waals surface area contributed by atoms with Crippen LogP contribution in [0, 0.1) is 0 Å². The van der Waals surface area contributed by atoms with Crippen molar-refractivity contribution in [3.63, 3.8) is 0 Å². The van der Waals surface area contributed by atoms with Crippen molar-refractivity contribution < 1.29 is 0 Å². The van der Waals surface area contributed by atoms with Crippen LogP contribution in [0.3, 0.4) is 0 Å². The van der Waals surface area contributed by atoms with Gasteiger partial charge < -0.3 is 5.32 Å². The predicted molar refractivity (Wildman–Crippen MR) is 92.2 cm³/mol. The largest absolute Gasteiger partial charge is 0.304 e. The van der Waals surface area contributed by atoms with E-state index in [2.05, 4.69) is 44.1 Å². The lowest BCUT2D eigenvalue weighted by atomic mass is 10.1. The van der Waals surface area contributed by atoms with Crippen molar-refractivity contribution in [2.75, 3.05) is 23.5 Å². The van der Waals surface area contributed by atoms with E-state index < -0.39 is 0 Å². The molecule has 0 aliphatic carbocycles. The molecule has 2 atom stereocenters. The molecule has 3 rings (SSSR count). The lowest BCUT2D eigenvalue weighted by molar-refractivity contribution is 0.411. The molecule has 2 aromatic heterocycles. The summed E-state index contributed by atoms with van der Waals surface area (Å²) in [5, 5.41) is 12.6. The molecule has 1 fully saturated rings. The van der Waals surface area contributed by atoms with Gasteiger partial charge in [-0.05, 0) is 49.2 Å². The van der Waals surface area contributed by atoms with Crippen molar-refractivity contribution in [3.8, 4) is 0 Å². The molecule has 1 saturated heterocycles. The summed E-state index contributed by atoms with van der Waals surface area (Å²) in [6.07, 6.45) is 7.92. The summed E-state index contributed by atoms with van der Waals surface area (Å²) in [7, 11) is 0. The number of aromatic nitrogens is 3. The first-order valence-electron chi connectivity index (χ1n) is 7.51. The van der Waals surface area contributed by atoms with Crippen molar-refractivity contribution in [1.82, 2.24) is 19.9 Å². The van der Waals surface area contributed by atoms with Gasteiger partial charge in [-0.2, -0.15) is 23.5 Å². The predicted octanol–water partition coefficient (Wildman–Crippen LogP) is 3.01. The molecular formula is C15H22N4S2. The highest BCUT2D eigenvalue weighted by atomic mass is 32.2. The molecule has 0 amide bonds. The quantitative estimate of drug-likeness (QED) is 0.885. The van der Waals surface area contributed by atoms with Crippen molar-refractivity contribution in [2.24, 2.45) is 0 Å². The average Bonchev–Trinajstić information content (AvgIpc) is 2.96. The Labute approximate surface area is 134 Å². The highest BCUT2D eigenvalue weighted by molar-refractivity contribution is 7.99. The zero-order valence-electron chi connectivity index (χ0n) is 12.4. The Morgan fingerprint density at radius 2 is 2.43 bits per heavy atom. The van der Waals surface area contributed by atoms with Crippen LogP contribution in [0.5, 0.6) is 0 Å². The molecule has 21 heavy (non-hydrogen) atoms. The molecule has 0 radical (unpaired) electrons. The maximum Gasteiger partial charge on any atom is 0.160 e. The second-order valence-electron chi connectivity index (χ2n) is 5.40. The fourth-order valence-corrected chi connectivity index (χ4v) is 4.33. The summed E-state index contributed by atoms with van der Waals surface area (Å²) in [5.74, 6) is 4.71. The fraction of sp³-hybridized carbons (Fsp3) is 0.600. The topological polar surface area (TPSA) is 42.2 Å². The molecule has 1 aliphatic rings. The van der Waals surface area contributed by atoms with Crippen LogP contribution in [-0.2, 0) is 0 Å². The zero-order chi connectivity index (χ0) is 14.5. The normalized spacial score (nSPS) is 20.7. The maximum absolute atomic E-state index is 4.45. The second-order valence-corrected chi connectivity index (χ2v) is 7.54. The Kier molecular flexibility index (Phi) is 5.43. The Morgan fingerprint density at radius 3 is 3.24 bits per heavy atom. The van der Waals surface area contributed by atoms with Gasteiger partial charge in [0.25, 0.3) is 0 Å². The van der Waals surface area contributed by atoms with Crippen LogP contribution in [0.1, 0.15) is 31.1 Å². The van der Waals surface area contributed by atoms with Crippen LogP contribution in [-0.4, -0.2) is 44.2 Å². The first-order valence-corrected chi connectivity index (χ1v) is 10.1. The average molecular weight is 323 g/mol. The lowest BCUT2D eigenvalue weighted by Crippen LogP contribution is -2.37. The summed E-state index contributed by atoms with van der Waals surface area (Å²) in [6, 6.07) is 6.96. The van der Waals surface area contributed by atoms with Gasteiger partial charge in [0.15, 0.2) is 11.5 Å². The number of nitrogens with one attached hydrogen (secondary N) is 1. The second kappa shape index (κ2) is 7.51. The monoisotopic (exact) mass is 322 g/mol. The van der Waals surface area contributed by atoms with Gasteiger partial charge in [0.1, 0.15) is 0 Å². The minimum atomic E-state index is 0.290. The van der Waals surface area contributed by atoms with Crippen molar-refractivity contribution in [3.05, 3.63) is 30.2 Å². The molecule has 1 N–H and O–H groups in total. The molecule has 0 saturated carbocycles. The molecule has 2 aromatic rings. The molecule has 1 aliphatic heterocycles. The fourth-order valence-electron chi connectivity index (χ4n) is 2.78. The number of fused-ring (bicyclic) bond motifs is 1. The van der Waals surface area contributed by atoms with Crippen LogP contribution in [0.25, 0.3) is 5.65 Å². The molecule has 0 aromatic carbocycles. The van der Waals surface area contributed by atoms with Gasteiger partial charge >= 0.3 is 0 Å². The van der Waals surface area contributed by atoms with Gasteiger partial charge in [-0.3, -0.25) is 4.40 Å². The number of hydrogen-bond acceptors (Lipinski definition) is 5. The van der Waals surface area contributed by atoms with Crippen molar-refractivity contribution in [2.45, 2.75) is 31.3 Å². The van der Waals surface area contributed by atoms with Gasteiger partial charge in [0.2, 0.25) is 0 Å². The molecular weight excluding hydrogens is 300 g/mol. The van der Waals surface area contributed by atoms with Crippen LogP contribution in [0.4, 0.5) is 0 Å². The molecule has 0 spiro atoms. The van der Waals surface area contributed by atoms with E-state index in [9.17, 15) is 0 Å². The van der Waals surface area contributed by atoms with E-state index in [0.717, 1.165) is 23.6 Å². The standard InChI is InChI=1S/C15H22N4S2/c1-20-10-7-13(16-12-5-4-9-21-11-12)15-18-17-14-6-2-3-8-19(14)15/h2-3,6,8,12-13,16H,4-5,7,9-11H2,1H3/t12-,13+/m1/s1. The first kappa shape index (κ1) is 15.2. The van der Waals surface area contributed by atoms with Gasteiger partial charge in [-0.25, -0.2) is 0 Å². The summed E-state index contributed by atoms with van der Waals surface area (Å²) in [4.78, 5) is 0. The van der Waals surface area contributed by atoms with E-state index in [1.807, 2.05) is 30.0 Å². The Morgan fingerprint density at radius 1 is 1.48 bits per heavy atom. The number of nitrogens with zero attached hydrogens (tertiary/aromatic N) is 3. The third-order valence-corrected chi connectivity index (χ3v) is 5.72. The molecule has 6 heteroatoms. The lowest BCUT2D eigenvalue weighted by Gasteiger charge is -2.27. The minimum absolute atomic E-state index is 0.290. The number of rotatable bonds is 6. The third-order valence-electron chi connectivity index (χ3n) is 3.86. The highest BCUT2D eigenvalue weighted by Gasteiger charge is 2.22. The van der Waals surface area contributed by atoms with Crippen LogP contribution < -0.4 is 5.32 Å². The minimum Gasteiger partial charge on any atom is -0.304 e. The Bertz CT molecular complexity index is 566. The van der Waals surface area contributed by atoms with E-state index >= 15 is 0 Å². The Balaban J connectivity index is 1.80. The third kappa shape index (κ3) is 3.73. The van der Waals surface area contributed by atoms with E-state index in [-0.39, 0.29) is 0 Å². The molecule has 114 valence electrons. The van der Waals surface area contributed by atoms with E-state index in [1.165, 1.54) is 24.3 Å². The van der Waals surface area contributed by atoms with E-state index in [4.69, 9.17) is 0 Å². The SMILES string of the molecule is CSCC[C@H](N[C@@H]1CCCSC1)c1nnc2ccccn12. The molecule has 3 heterocycles. The Hall–Kier alpha value is -0.720. The van der Waals surface area contributed by atoms with Crippen LogP contribution in [0.2, 0.25) is 0 Å². The van der Waals surface area contributed by atoms with Crippen molar-refractivity contribution in [1.29, 1.82) is 0 Å². The van der Waals surface area contributed by atoms with Crippen LogP contribution in [0.15, 0.2) is 24.4 Å². The zero-order valence-corrected chi connectivity index (χ0v) is 14.0. The molecule has 0 bridgehead atoms. The van der Waals surface area contributed by atoms with Gasteiger partial charge in [-0.15, -0.1) is 10.2 Å². The number of pyridine rings is 1. The van der Waals surface area contributed by atoms with Gasteiger partial charge in [-0.1, -0.05) is 6.07 Å². The highest BCUT2D eigenvalue weighted by Crippen LogP contribution is 2.23. The number of hydrogen-bond donors (Lipinski definition) is 1. The molecule has 4 nitrogen and oxygen atoms in total. The van der Waals surface area contributed by atoms with E-state index in [0.29, 0.717) is 12.1 Å². The summed E-state index contributed by atoms with van der Waals surface area (Å²) >= 11 is 3.95. The van der Waals surface area contributed by atoms with Gasteiger partial charge in [0, 0.05) is 18.0 Å². The maximum atomic E-state index is 4.45. The number of thioether (sulfide) groups is 2. The summed E-state index contributed by atoms with van der Waals surface area (Å²) in [6.45, 7) is 0. The summed E-state index contributed by atoms with van der Waals surface area (Å²) in [5.41, 5.74) is 0.932. The van der Waals surface area contributed by atoms with Gasteiger partial charge in [0.05, 0.1) is 6.04 Å². The van der Waals surface area contributed by atoms with Crippen LogP contribution >= 0.6 is 23.5 Å². The van der Waals surface area contributed by atoms with E-state index in [1.54, 1.807) is 0 Å². The first-order chi connectivity index (χ1) is 10.4. The molecule has 0 unspecified atom stereocenters. The smallest absolute Gasteiger partial charge is 0.160 e.